The summed E-state index contributed by atoms with van der Waals surface area (Å²) in [5.74, 6) is -0.418. The Morgan fingerprint density at radius 1 is 1.03 bits per heavy atom. The van der Waals surface area contributed by atoms with E-state index in [2.05, 4.69) is 10.3 Å². The molecule has 0 spiro atoms. The Balaban J connectivity index is 1.86. The quantitative estimate of drug-likeness (QED) is 0.324. The van der Waals surface area contributed by atoms with E-state index < -0.39 is 13.3 Å². The van der Waals surface area contributed by atoms with Gasteiger partial charge in [-0.15, -0.1) is 0 Å². The minimum atomic E-state index is -3.65. The number of aromatic nitrogens is 1. The predicted molar refractivity (Wildman–Crippen MR) is 136 cm³/mol. The summed E-state index contributed by atoms with van der Waals surface area (Å²) in [6.45, 7) is 4.08. The normalized spacial score (nSPS) is 13.1. The summed E-state index contributed by atoms with van der Waals surface area (Å²) in [5.41, 5.74) is 3.48. The largest absolute Gasteiger partial charge is 0.350 e. The second-order valence-electron chi connectivity index (χ2n) is 7.89. The highest BCUT2D eigenvalue weighted by Gasteiger charge is 2.36. The number of fused-ring (bicyclic) bond motifs is 1. The molecular formula is C25H23Cl2N2O3P. The monoisotopic (exact) mass is 500 g/mol. The van der Waals surface area contributed by atoms with Crippen LogP contribution in [0.3, 0.4) is 0 Å². The number of H-pyrrole nitrogens is 1. The Labute approximate surface area is 202 Å². The van der Waals surface area contributed by atoms with Crippen molar-refractivity contribution < 1.29 is 13.9 Å². The van der Waals surface area contributed by atoms with Crippen molar-refractivity contribution >= 4 is 58.0 Å². The summed E-state index contributed by atoms with van der Waals surface area (Å²) in [4.78, 5) is 16.5. The molecule has 0 fully saturated rings. The third kappa shape index (κ3) is 4.60. The van der Waals surface area contributed by atoms with E-state index >= 15 is 0 Å². The standard InChI is InChI=1S/C25H23Cl2N2O3P/c1-15-10-16(2)12-19(11-15)33(31,32-3)24-20-13-18(26)8-9-22(20)29-23(24)25(30)28-14-17-6-4-5-7-21(17)27/h4-13,29H,14H2,1-3H3,(H,28,30). The molecule has 1 aromatic heterocycles. The zero-order valence-electron chi connectivity index (χ0n) is 18.4. The molecule has 4 rings (SSSR count). The molecule has 1 atom stereocenters. The van der Waals surface area contributed by atoms with Crippen molar-refractivity contribution in [1.82, 2.24) is 10.3 Å². The number of hydrogen-bond acceptors (Lipinski definition) is 3. The molecule has 0 radical (unpaired) electrons. The Morgan fingerprint density at radius 2 is 1.73 bits per heavy atom. The van der Waals surface area contributed by atoms with Crippen molar-refractivity contribution in [2.75, 3.05) is 7.11 Å². The summed E-state index contributed by atoms with van der Waals surface area (Å²) in [6.07, 6.45) is 0. The molecule has 1 heterocycles. The number of nitrogens with one attached hydrogen (secondary N) is 2. The van der Waals surface area contributed by atoms with Gasteiger partial charge in [0, 0.05) is 39.9 Å². The lowest BCUT2D eigenvalue weighted by Crippen LogP contribution is -2.30. The zero-order valence-corrected chi connectivity index (χ0v) is 20.8. The lowest BCUT2D eigenvalue weighted by atomic mass is 10.2. The van der Waals surface area contributed by atoms with E-state index in [9.17, 15) is 9.36 Å². The van der Waals surface area contributed by atoms with Gasteiger partial charge in [-0.05, 0) is 55.8 Å². The van der Waals surface area contributed by atoms with Crippen molar-refractivity contribution in [2.45, 2.75) is 20.4 Å². The SMILES string of the molecule is COP(=O)(c1cc(C)cc(C)c1)c1c(C(=O)NCc2ccccc2Cl)[nH]c2ccc(Cl)cc12. The molecule has 0 aliphatic heterocycles. The highest BCUT2D eigenvalue weighted by molar-refractivity contribution is 7.75. The molecule has 1 unspecified atom stereocenters. The van der Waals surface area contributed by atoms with Crippen LogP contribution < -0.4 is 15.9 Å². The highest BCUT2D eigenvalue weighted by Crippen LogP contribution is 2.47. The first-order valence-corrected chi connectivity index (χ1v) is 12.7. The van der Waals surface area contributed by atoms with Crippen molar-refractivity contribution in [3.8, 4) is 0 Å². The maximum Gasteiger partial charge on any atom is 0.268 e. The fourth-order valence-corrected chi connectivity index (χ4v) is 6.70. The predicted octanol–water partition coefficient (Wildman–Crippen LogP) is 5.90. The molecule has 170 valence electrons. The number of aryl methyl sites for hydroxylation is 2. The number of benzene rings is 3. The van der Waals surface area contributed by atoms with Gasteiger partial charge in [0.1, 0.15) is 5.69 Å². The molecule has 0 saturated carbocycles. The van der Waals surface area contributed by atoms with Crippen molar-refractivity contribution in [2.24, 2.45) is 0 Å². The number of amides is 1. The second-order valence-corrected chi connectivity index (χ2v) is 11.2. The van der Waals surface area contributed by atoms with E-state index in [1.54, 1.807) is 24.3 Å². The summed E-state index contributed by atoms with van der Waals surface area (Å²) >= 11 is 12.5. The Kier molecular flexibility index (Phi) is 6.69. The molecule has 0 saturated heterocycles. The topological polar surface area (TPSA) is 71.2 Å². The van der Waals surface area contributed by atoms with Crippen LogP contribution in [0.1, 0.15) is 27.2 Å². The van der Waals surface area contributed by atoms with Gasteiger partial charge < -0.3 is 14.8 Å². The third-order valence-electron chi connectivity index (χ3n) is 5.46. The van der Waals surface area contributed by atoms with E-state index in [1.165, 1.54) is 7.11 Å². The fraction of sp³-hybridized carbons (Fsp3) is 0.160. The maximum absolute atomic E-state index is 14.4. The van der Waals surface area contributed by atoms with Gasteiger partial charge in [-0.2, -0.15) is 0 Å². The molecule has 0 aliphatic carbocycles. The lowest BCUT2D eigenvalue weighted by molar-refractivity contribution is 0.0947. The van der Waals surface area contributed by atoms with Gasteiger partial charge >= 0.3 is 0 Å². The van der Waals surface area contributed by atoms with E-state index in [0.717, 1.165) is 16.7 Å². The third-order valence-corrected chi connectivity index (χ3v) is 8.56. The summed E-state index contributed by atoms with van der Waals surface area (Å²) in [7, 11) is -2.25. The first-order chi connectivity index (χ1) is 15.7. The van der Waals surface area contributed by atoms with E-state index in [1.807, 2.05) is 50.2 Å². The van der Waals surface area contributed by atoms with Crippen LogP contribution in [0.2, 0.25) is 10.0 Å². The number of halogens is 2. The van der Waals surface area contributed by atoms with Crippen LogP contribution in [0.4, 0.5) is 0 Å². The minimum Gasteiger partial charge on any atom is -0.350 e. The average Bonchev–Trinajstić information content (AvgIpc) is 3.16. The van der Waals surface area contributed by atoms with Gasteiger partial charge in [-0.1, -0.05) is 58.6 Å². The number of hydrogen-bond donors (Lipinski definition) is 2. The van der Waals surface area contributed by atoms with Crippen molar-refractivity contribution in [3.05, 3.63) is 93.1 Å². The van der Waals surface area contributed by atoms with E-state index in [-0.39, 0.29) is 12.2 Å². The van der Waals surface area contributed by atoms with Crippen LogP contribution in [0.5, 0.6) is 0 Å². The van der Waals surface area contributed by atoms with Gasteiger partial charge in [-0.3, -0.25) is 9.36 Å². The smallest absolute Gasteiger partial charge is 0.268 e. The summed E-state index contributed by atoms with van der Waals surface area (Å²) < 4.78 is 20.1. The molecule has 33 heavy (non-hydrogen) atoms. The van der Waals surface area contributed by atoms with Crippen LogP contribution in [0.15, 0.2) is 60.7 Å². The molecule has 8 heteroatoms. The van der Waals surface area contributed by atoms with E-state index in [0.29, 0.717) is 31.6 Å². The minimum absolute atomic E-state index is 0.170. The molecule has 1 amide bonds. The zero-order chi connectivity index (χ0) is 23.8. The molecule has 3 aromatic carbocycles. The number of aromatic amines is 1. The molecule has 0 aliphatic rings. The maximum atomic E-state index is 14.4. The fourth-order valence-electron chi connectivity index (χ4n) is 3.97. The van der Waals surface area contributed by atoms with Crippen LogP contribution in [-0.4, -0.2) is 18.0 Å². The Hall–Kier alpha value is -2.56. The van der Waals surface area contributed by atoms with Crippen LogP contribution in [0, 0.1) is 13.8 Å². The first-order valence-electron chi connectivity index (χ1n) is 10.3. The lowest BCUT2D eigenvalue weighted by Gasteiger charge is -2.19. The Morgan fingerprint density at radius 3 is 2.39 bits per heavy atom. The molecular weight excluding hydrogens is 478 g/mol. The Bertz CT molecular complexity index is 1390. The van der Waals surface area contributed by atoms with Gasteiger partial charge in [0.25, 0.3) is 13.3 Å². The van der Waals surface area contributed by atoms with Gasteiger partial charge in [-0.25, -0.2) is 0 Å². The van der Waals surface area contributed by atoms with Gasteiger partial charge in [0.15, 0.2) is 0 Å². The average molecular weight is 501 g/mol. The van der Waals surface area contributed by atoms with Gasteiger partial charge in [0.2, 0.25) is 0 Å². The summed E-state index contributed by atoms with van der Waals surface area (Å²) in [5, 5.41) is 5.29. The van der Waals surface area contributed by atoms with Crippen molar-refractivity contribution in [1.29, 1.82) is 0 Å². The molecule has 2 N–H and O–H groups in total. The van der Waals surface area contributed by atoms with Crippen LogP contribution in [0.25, 0.3) is 10.9 Å². The molecule has 5 nitrogen and oxygen atoms in total. The highest BCUT2D eigenvalue weighted by atomic mass is 35.5. The first kappa shape index (κ1) is 23.6. The van der Waals surface area contributed by atoms with Gasteiger partial charge in [0.05, 0.1) is 5.30 Å². The molecule has 4 aromatic rings. The summed E-state index contributed by atoms with van der Waals surface area (Å²) in [6, 6.07) is 18.1. The second kappa shape index (κ2) is 9.36. The number of carbonyl (C=O) groups is 1. The van der Waals surface area contributed by atoms with E-state index in [4.69, 9.17) is 27.7 Å². The number of carbonyl (C=O) groups excluding carboxylic acids is 1. The van der Waals surface area contributed by atoms with Crippen LogP contribution >= 0.6 is 30.6 Å². The molecule has 0 bridgehead atoms. The van der Waals surface area contributed by atoms with Crippen molar-refractivity contribution in [3.63, 3.8) is 0 Å². The van der Waals surface area contributed by atoms with Crippen LogP contribution in [-0.2, 0) is 15.6 Å². The number of rotatable bonds is 6.